The maximum atomic E-state index is 10.7. The molecule has 1 aromatic carbocycles. The molecule has 5 nitrogen and oxygen atoms in total. The number of carbonyl (C=O) groups is 1. The van der Waals surface area contributed by atoms with Gasteiger partial charge in [-0.2, -0.15) is 0 Å². The van der Waals surface area contributed by atoms with E-state index in [0.717, 1.165) is 18.4 Å². The van der Waals surface area contributed by atoms with Crippen molar-refractivity contribution in [3.05, 3.63) is 29.8 Å². The van der Waals surface area contributed by atoms with Crippen LogP contribution in [0.2, 0.25) is 0 Å². The first-order valence-electron chi connectivity index (χ1n) is 6.90. The molecule has 0 radical (unpaired) electrons. The molecule has 0 aromatic heterocycles. The minimum absolute atomic E-state index is 0.249. The molecule has 0 aliphatic heterocycles. The van der Waals surface area contributed by atoms with Crippen molar-refractivity contribution in [1.82, 2.24) is 5.32 Å². The first-order valence-corrected chi connectivity index (χ1v) is 6.90. The van der Waals surface area contributed by atoms with E-state index in [9.17, 15) is 9.90 Å². The van der Waals surface area contributed by atoms with Crippen LogP contribution in [0.3, 0.4) is 0 Å². The number of aliphatic hydroxyl groups is 1. The van der Waals surface area contributed by atoms with E-state index < -0.39 is 11.7 Å². The maximum Gasteiger partial charge on any atom is 0.404 e. The Hall–Kier alpha value is -2.19. The van der Waals surface area contributed by atoms with E-state index in [2.05, 4.69) is 17.2 Å². The second-order valence-corrected chi connectivity index (χ2v) is 5.26. The quantitative estimate of drug-likeness (QED) is 0.728. The molecule has 0 bridgehead atoms. The molecule has 1 fully saturated rings. The molecule has 1 aromatic rings. The zero-order valence-corrected chi connectivity index (χ0v) is 11.9. The molecule has 112 valence electrons. The Bertz CT molecular complexity index is 575. The zero-order chi connectivity index (χ0) is 15.3. The fourth-order valence-electron chi connectivity index (χ4n) is 2.55. The predicted octanol–water partition coefficient (Wildman–Crippen LogP) is 1.99. The van der Waals surface area contributed by atoms with Crippen molar-refractivity contribution in [2.75, 3.05) is 7.11 Å². The van der Waals surface area contributed by atoms with Gasteiger partial charge in [-0.05, 0) is 37.5 Å². The van der Waals surface area contributed by atoms with Crippen LogP contribution in [0.1, 0.15) is 31.2 Å². The summed E-state index contributed by atoms with van der Waals surface area (Å²) in [7, 11) is 1.59. The largest absolute Gasteiger partial charge is 0.497 e. The first-order chi connectivity index (χ1) is 10.0. The molecule has 1 saturated carbocycles. The second kappa shape index (κ2) is 6.51. The molecular weight excluding hydrogens is 270 g/mol. The number of carboxylic acid groups (broad SMARTS) is 1. The fraction of sp³-hybridized carbons (Fsp3) is 0.438. The molecule has 2 rings (SSSR count). The van der Waals surface area contributed by atoms with Gasteiger partial charge in [-0.1, -0.05) is 17.9 Å². The van der Waals surface area contributed by atoms with Crippen LogP contribution in [-0.2, 0) is 0 Å². The Balaban J connectivity index is 2.10. The fourth-order valence-corrected chi connectivity index (χ4v) is 2.55. The van der Waals surface area contributed by atoms with Crippen LogP contribution in [0.4, 0.5) is 4.79 Å². The van der Waals surface area contributed by atoms with Crippen molar-refractivity contribution in [2.45, 2.75) is 37.3 Å². The van der Waals surface area contributed by atoms with E-state index in [1.54, 1.807) is 13.2 Å². The SMILES string of the molecule is COc1cccc(C#CC2(O)CCCC(NC(=O)O)C2)c1. The van der Waals surface area contributed by atoms with Crippen LogP contribution in [0.15, 0.2) is 24.3 Å². The first kappa shape index (κ1) is 15.2. The summed E-state index contributed by atoms with van der Waals surface area (Å²) in [6.07, 6.45) is 1.28. The normalized spacial score (nSPS) is 24.6. The standard InChI is InChI=1S/C16H19NO4/c1-21-14-6-2-4-12(10-14)7-9-16(20)8-3-5-13(11-16)17-15(18)19/h2,4,6,10,13,17,20H,3,5,8,11H2,1H3,(H,18,19). The van der Waals surface area contributed by atoms with Gasteiger partial charge >= 0.3 is 6.09 Å². The minimum Gasteiger partial charge on any atom is -0.497 e. The van der Waals surface area contributed by atoms with E-state index in [0.29, 0.717) is 18.6 Å². The lowest BCUT2D eigenvalue weighted by Crippen LogP contribution is -2.44. The van der Waals surface area contributed by atoms with Gasteiger partial charge in [0.25, 0.3) is 0 Å². The Kier molecular flexibility index (Phi) is 4.71. The maximum absolute atomic E-state index is 10.7. The lowest BCUT2D eigenvalue weighted by molar-refractivity contribution is 0.0470. The van der Waals surface area contributed by atoms with E-state index in [1.807, 2.05) is 18.2 Å². The van der Waals surface area contributed by atoms with Crippen molar-refractivity contribution in [3.63, 3.8) is 0 Å². The number of amides is 1. The molecule has 5 heteroatoms. The zero-order valence-electron chi connectivity index (χ0n) is 11.9. The summed E-state index contributed by atoms with van der Waals surface area (Å²) < 4.78 is 5.13. The number of ether oxygens (including phenoxy) is 1. The summed E-state index contributed by atoms with van der Waals surface area (Å²) in [5.41, 5.74) is -0.384. The highest BCUT2D eigenvalue weighted by Gasteiger charge is 2.33. The van der Waals surface area contributed by atoms with Gasteiger partial charge in [0.2, 0.25) is 0 Å². The molecule has 1 amide bonds. The molecular formula is C16H19NO4. The third-order valence-corrected chi connectivity index (χ3v) is 3.56. The van der Waals surface area contributed by atoms with Gasteiger partial charge in [-0.3, -0.25) is 0 Å². The van der Waals surface area contributed by atoms with Crippen LogP contribution >= 0.6 is 0 Å². The number of rotatable bonds is 2. The molecule has 2 atom stereocenters. The van der Waals surface area contributed by atoms with Gasteiger partial charge < -0.3 is 20.3 Å². The molecule has 1 aliphatic rings. The number of hydrogen-bond acceptors (Lipinski definition) is 3. The second-order valence-electron chi connectivity index (χ2n) is 5.26. The highest BCUT2D eigenvalue weighted by molar-refractivity contribution is 5.64. The summed E-state index contributed by atoms with van der Waals surface area (Å²) in [6.45, 7) is 0. The average Bonchev–Trinajstić information content (AvgIpc) is 2.45. The van der Waals surface area contributed by atoms with Crippen molar-refractivity contribution in [3.8, 4) is 17.6 Å². The molecule has 3 N–H and O–H groups in total. The Morgan fingerprint density at radius 1 is 1.52 bits per heavy atom. The highest BCUT2D eigenvalue weighted by atomic mass is 16.5. The van der Waals surface area contributed by atoms with Crippen molar-refractivity contribution in [1.29, 1.82) is 0 Å². The molecule has 21 heavy (non-hydrogen) atoms. The van der Waals surface area contributed by atoms with Crippen LogP contribution in [0.25, 0.3) is 0 Å². The van der Waals surface area contributed by atoms with E-state index in [-0.39, 0.29) is 6.04 Å². The van der Waals surface area contributed by atoms with E-state index >= 15 is 0 Å². The number of benzene rings is 1. The van der Waals surface area contributed by atoms with Crippen molar-refractivity contribution < 1.29 is 19.7 Å². The Morgan fingerprint density at radius 3 is 3.05 bits per heavy atom. The highest BCUT2D eigenvalue weighted by Crippen LogP contribution is 2.28. The molecule has 0 spiro atoms. The number of nitrogens with one attached hydrogen (secondary N) is 1. The summed E-state index contributed by atoms with van der Waals surface area (Å²) >= 11 is 0. The van der Waals surface area contributed by atoms with Crippen molar-refractivity contribution in [2.24, 2.45) is 0 Å². The Morgan fingerprint density at radius 2 is 2.33 bits per heavy atom. The third-order valence-electron chi connectivity index (χ3n) is 3.56. The van der Waals surface area contributed by atoms with Crippen LogP contribution < -0.4 is 10.1 Å². The molecule has 1 aliphatic carbocycles. The van der Waals surface area contributed by atoms with Gasteiger partial charge in [0.1, 0.15) is 11.4 Å². The molecule has 0 saturated heterocycles. The third kappa shape index (κ3) is 4.40. The predicted molar refractivity (Wildman–Crippen MR) is 78.2 cm³/mol. The lowest BCUT2D eigenvalue weighted by Gasteiger charge is -2.32. The summed E-state index contributed by atoms with van der Waals surface area (Å²) in [5, 5.41) is 21.7. The number of hydrogen-bond donors (Lipinski definition) is 3. The van der Waals surface area contributed by atoms with Crippen molar-refractivity contribution >= 4 is 6.09 Å². The Labute approximate surface area is 123 Å². The molecule has 0 heterocycles. The number of methoxy groups -OCH3 is 1. The van der Waals surface area contributed by atoms with Gasteiger partial charge in [-0.25, -0.2) is 4.79 Å². The average molecular weight is 289 g/mol. The minimum atomic E-state index is -1.14. The van der Waals surface area contributed by atoms with E-state index in [1.165, 1.54) is 0 Å². The van der Waals surface area contributed by atoms with Gasteiger partial charge in [0, 0.05) is 18.0 Å². The molecule has 2 unspecified atom stereocenters. The van der Waals surface area contributed by atoms with Crippen LogP contribution in [-0.4, -0.2) is 35.1 Å². The van der Waals surface area contributed by atoms with Gasteiger partial charge in [0.05, 0.1) is 7.11 Å². The monoisotopic (exact) mass is 289 g/mol. The van der Waals surface area contributed by atoms with E-state index in [4.69, 9.17) is 9.84 Å². The van der Waals surface area contributed by atoms with Crippen LogP contribution in [0.5, 0.6) is 5.75 Å². The summed E-state index contributed by atoms with van der Waals surface area (Å²) in [5.74, 6) is 6.55. The van der Waals surface area contributed by atoms with Gasteiger partial charge in [0.15, 0.2) is 0 Å². The van der Waals surface area contributed by atoms with Crippen LogP contribution in [0, 0.1) is 11.8 Å². The topological polar surface area (TPSA) is 78.8 Å². The van der Waals surface area contributed by atoms with Gasteiger partial charge in [-0.15, -0.1) is 0 Å². The summed E-state index contributed by atoms with van der Waals surface area (Å²) in [4.78, 5) is 10.7. The lowest BCUT2D eigenvalue weighted by atomic mass is 9.82. The smallest absolute Gasteiger partial charge is 0.404 e. The summed E-state index contributed by atoms with van der Waals surface area (Å²) in [6, 6.07) is 7.05.